The zero-order valence-electron chi connectivity index (χ0n) is 10.7. The minimum atomic E-state index is -1.27. The molecule has 0 aliphatic heterocycles. The largest absolute Gasteiger partial charge is 0.480 e. The molecule has 114 valence electrons. The number of primary amides is 1. The fraction of sp³-hybridized carbons (Fsp3) is 0.250. The van der Waals surface area contributed by atoms with E-state index in [2.05, 4.69) is 10.6 Å². The van der Waals surface area contributed by atoms with Crippen molar-refractivity contribution in [2.75, 3.05) is 5.32 Å². The van der Waals surface area contributed by atoms with E-state index in [0.29, 0.717) is 0 Å². The summed E-state index contributed by atoms with van der Waals surface area (Å²) in [5, 5.41) is 13.9. The first-order valence-electron chi connectivity index (χ1n) is 5.84. The highest BCUT2D eigenvalue weighted by molar-refractivity contribution is 6.43. The molecule has 5 N–H and O–H groups in total. The van der Waals surface area contributed by atoms with Gasteiger partial charge in [0.15, 0.2) is 0 Å². The standard InChI is InChI=1S/C12H13Cl2N3O4/c13-6-2-1-3-7(10(6)14)16-12(21)17-8(11(19)20)4-5-9(15)18/h1-3,8H,4-5H2,(H2,15,18)(H,19,20)(H2,16,17,21)/t8-/m0/s1. The maximum absolute atomic E-state index is 11.7. The zero-order chi connectivity index (χ0) is 16.0. The maximum Gasteiger partial charge on any atom is 0.326 e. The second kappa shape index (κ2) is 7.70. The molecule has 1 atom stereocenters. The molecule has 0 aliphatic carbocycles. The number of nitrogens with one attached hydrogen (secondary N) is 2. The van der Waals surface area contributed by atoms with Crippen LogP contribution >= 0.6 is 23.2 Å². The highest BCUT2D eigenvalue weighted by Crippen LogP contribution is 2.29. The van der Waals surface area contributed by atoms with Crippen LogP contribution in [0.1, 0.15) is 12.8 Å². The fourth-order valence-corrected chi connectivity index (χ4v) is 1.81. The van der Waals surface area contributed by atoms with Gasteiger partial charge in [0.2, 0.25) is 5.91 Å². The van der Waals surface area contributed by atoms with Crippen LogP contribution in [-0.4, -0.2) is 29.1 Å². The van der Waals surface area contributed by atoms with E-state index in [1.807, 2.05) is 0 Å². The summed E-state index contributed by atoms with van der Waals surface area (Å²) in [5.74, 6) is -1.93. The van der Waals surface area contributed by atoms with E-state index >= 15 is 0 Å². The Morgan fingerprint density at radius 2 is 1.95 bits per heavy atom. The molecular weight excluding hydrogens is 321 g/mol. The van der Waals surface area contributed by atoms with Crippen LogP contribution in [0.3, 0.4) is 0 Å². The molecule has 3 amide bonds. The molecule has 0 fully saturated rings. The van der Waals surface area contributed by atoms with Crippen LogP contribution in [0.15, 0.2) is 18.2 Å². The molecule has 0 aliphatic rings. The van der Waals surface area contributed by atoms with Gasteiger partial charge in [-0.3, -0.25) is 4.79 Å². The Hall–Kier alpha value is -1.99. The van der Waals surface area contributed by atoms with Gasteiger partial charge in [0.1, 0.15) is 6.04 Å². The molecule has 0 saturated heterocycles. The smallest absolute Gasteiger partial charge is 0.326 e. The van der Waals surface area contributed by atoms with Gasteiger partial charge in [-0.1, -0.05) is 29.3 Å². The monoisotopic (exact) mass is 333 g/mol. The Labute approximate surface area is 130 Å². The van der Waals surface area contributed by atoms with Gasteiger partial charge in [-0.2, -0.15) is 0 Å². The number of aliphatic carboxylic acids is 1. The first-order chi connectivity index (χ1) is 9.81. The molecule has 1 rings (SSSR count). The molecule has 7 nitrogen and oxygen atoms in total. The number of benzene rings is 1. The first kappa shape index (κ1) is 17.1. The van der Waals surface area contributed by atoms with Crippen molar-refractivity contribution in [3.8, 4) is 0 Å². The first-order valence-corrected chi connectivity index (χ1v) is 6.59. The topological polar surface area (TPSA) is 122 Å². The van der Waals surface area contributed by atoms with Crippen LogP contribution in [0.25, 0.3) is 0 Å². The number of carbonyl (C=O) groups is 3. The SMILES string of the molecule is NC(=O)CC[C@H](NC(=O)Nc1cccc(Cl)c1Cl)C(=O)O. The van der Waals surface area contributed by atoms with Gasteiger partial charge < -0.3 is 21.5 Å². The zero-order valence-corrected chi connectivity index (χ0v) is 12.2. The van der Waals surface area contributed by atoms with Crippen LogP contribution in [0.2, 0.25) is 10.0 Å². The summed E-state index contributed by atoms with van der Waals surface area (Å²) in [6.45, 7) is 0. The molecule has 0 bridgehead atoms. The average Bonchev–Trinajstić information content (AvgIpc) is 2.39. The Kier molecular flexibility index (Phi) is 6.26. The normalized spacial score (nSPS) is 11.5. The maximum atomic E-state index is 11.7. The van der Waals surface area contributed by atoms with E-state index in [0.717, 1.165) is 0 Å². The highest BCUT2D eigenvalue weighted by Gasteiger charge is 2.21. The van der Waals surface area contributed by atoms with Gasteiger partial charge in [-0.05, 0) is 18.6 Å². The number of amides is 3. The molecule has 1 aromatic rings. The van der Waals surface area contributed by atoms with Crippen molar-refractivity contribution in [1.29, 1.82) is 0 Å². The van der Waals surface area contributed by atoms with Gasteiger partial charge in [0, 0.05) is 6.42 Å². The van der Waals surface area contributed by atoms with Gasteiger partial charge in [0.25, 0.3) is 0 Å². The number of hydrogen-bond acceptors (Lipinski definition) is 3. The lowest BCUT2D eigenvalue weighted by atomic mass is 10.1. The second-order valence-electron chi connectivity index (χ2n) is 4.10. The number of carbonyl (C=O) groups excluding carboxylic acids is 2. The number of carboxylic acids is 1. The number of anilines is 1. The Morgan fingerprint density at radius 1 is 1.29 bits per heavy atom. The van der Waals surface area contributed by atoms with Crippen LogP contribution in [0.4, 0.5) is 10.5 Å². The van der Waals surface area contributed by atoms with E-state index in [9.17, 15) is 14.4 Å². The number of carboxylic acid groups (broad SMARTS) is 1. The lowest BCUT2D eigenvalue weighted by molar-refractivity contribution is -0.139. The molecule has 0 radical (unpaired) electrons. The number of rotatable bonds is 6. The third kappa shape index (κ3) is 5.49. The summed E-state index contributed by atoms with van der Waals surface area (Å²) < 4.78 is 0. The summed E-state index contributed by atoms with van der Waals surface area (Å²) in [5.41, 5.74) is 5.18. The molecule has 0 unspecified atom stereocenters. The third-order valence-electron chi connectivity index (χ3n) is 2.48. The summed E-state index contributed by atoms with van der Waals surface area (Å²) >= 11 is 11.7. The third-order valence-corrected chi connectivity index (χ3v) is 3.30. The fourth-order valence-electron chi connectivity index (χ4n) is 1.46. The van der Waals surface area contributed by atoms with Crippen molar-refractivity contribution < 1.29 is 19.5 Å². The van der Waals surface area contributed by atoms with Crippen molar-refractivity contribution in [3.05, 3.63) is 28.2 Å². The molecule has 0 aromatic heterocycles. The van der Waals surface area contributed by atoms with E-state index in [1.54, 1.807) is 12.1 Å². The van der Waals surface area contributed by atoms with Crippen LogP contribution in [-0.2, 0) is 9.59 Å². The Morgan fingerprint density at radius 3 is 2.52 bits per heavy atom. The average molecular weight is 334 g/mol. The van der Waals surface area contributed by atoms with Gasteiger partial charge >= 0.3 is 12.0 Å². The summed E-state index contributed by atoms with van der Waals surface area (Å²) in [7, 11) is 0. The van der Waals surface area contributed by atoms with E-state index in [-0.39, 0.29) is 28.6 Å². The Balaban J connectivity index is 2.67. The molecule has 0 heterocycles. The molecule has 0 saturated carbocycles. The van der Waals surface area contributed by atoms with Crippen molar-refractivity contribution in [1.82, 2.24) is 5.32 Å². The van der Waals surface area contributed by atoms with Gasteiger partial charge in [-0.15, -0.1) is 0 Å². The quantitative estimate of drug-likeness (QED) is 0.634. The molecule has 0 spiro atoms. The second-order valence-corrected chi connectivity index (χ2v) is 4.88. The molecule has 1 aromatic carbocycles. The number of nitrogens with two attached hydrogens (primary N) is 1. The number of hydrogen-bond donors (Lipinski definition) is 4. The predicted molar refractivity (Wildman–Crippen MR) is 78.5 cm³/mol. The van der Waals surface area contributed by atoms with Crippen molar-refractivity contribution >= 4 is 46.8 Å². The van der Waals surface area contributed by atoms with Crippen molar-refractivity contribution in [2.24, 2.45) is 5.73 Å². The minimum Gasteiger partial charge on any atom is -0.480 e. The molecule has 21 heavy (non-hydrogen) atoms. The van der Waals surface area contributed by atoms with Gasteiger partial charge in [0.05, 0.1) is 15.7 Å². The lowest BCUT2D eigenvalue weighted by Gasteiger charge is -2.15. The van der Waals surface area contributed by atoms with E-state index in [1.165, 1.54) is 6.07 Å². The molecule has 9 heteroatoms. The lowest BCUT2D eigenvalue weighted by Crippen LogP contribution is -2.43. The Bertz CT molecular complexity index is 565. The number of urea groups is 1. The summed E-state index contributed by atoms with van der Waals surface area (Å²) in [6.07, 6.45) is -0.267. The van der Waals surface area contributed by atoms with Crippen LogP contribution in [0, 0.1) is 0 Å². The van der Waals surface area contributed by atoms with Gasteiger partial charge in [-0.25, -0.2) is 9.59 Å². The van der Waals surface area contributed by atoms with Crippen molar-refractivity contribution in [3.63, 3.8) is 0 Å². The molecular formula is C12H13Cl2N3O4. The number of halogens is 2. The van der Waals surface area contributed by atoms with Crippen LogP contribution in [0.5, 0.6) is 0 Å². The minimum absolute atomic E-state index is 0.110. The summed E-state index contributed by atoms with van der Waals surface area (Å²) in [6, 6.07) is 2.60. The van der Waals surface area contributed by atoms with E-state index < -0.39 is 23.9 Å². The van der Waals surface area contributed by atoms with E-state index in [4.69, 9.17) is 34.0 Å². The highest BCUT2D eigenvalue weighted by atomic mass is 35.5. The predicted octanol–water partition coefficient (Wildman–Crippen LogP) is 1.83. The summed E-state index contributed by atoms with van der Waals surface area (Å²) in [4.78, 5) is 33.4. The van der Waals surface area contributed by atoms with Crippen LogP contribution < -0.4 is 16.4 Å². The van der Waals surface area contributed by atoms with Crippen molar-refractivity contribution in [2.45, 2.75) is 18.9 Å².